The van der Waals surface area contributed by atoms with Gasteiger partial charge in [0.05, 0.1) is 6.61 Å². The second-order valence-corrected chi connectivity index (χ2v) is 3.01. The summed E-state index contributed by atoms with van der Waals surface area (Å²) in [6.45, 7) is 1.30. The molecule has 0 saturated carbocycles. The van der Waals surface area contributed by atoms with Crippen molar-refractivity contribution >= 4 is 5.65 Å². The molecule has 0 unspecified atom stereocenters. The number of imidazole rings is 1. The van der Waals surface area contributed by atoms with Gasteiger partial charge in [-0.3, -0.25) is 4.40 Å². The molecule has 2 rings (SSSR count). The second kappa shape index (κ2) is 4.11. The van der Waals surface area contributed by atoms with Gasteiger partial charge in [-0.2, -0.15) is 0 Å². The molecule has 0 saturated heterocycles. The van der Waals surface area contributed by atoms with Crippen LogP contribution in [0.2, 0.25) is 0 Å². The minimum absolute atomic E-state index is 0.647. The molecule has 0 bridgehead atoms. The van der Waals surface area contributed by atoms with Crippen LogP contribution in [0, 0.1) is 0 Å². The number of rotatable bonds is 4. The van der Waals surface area contributed by atoms with Crippen LogP contribution >= 0.6 is 0 Å². The lowest BCUT2D eigenvalue weighted by Gasteiger charge is -2.06. The van der Waals surface area contributed by atoms with Gasteiger partial charge in [0.1, 0.15) is 5.65 Å². The van der Waals surface area contributed by atoms with Crippen molar-refractivity contribution in [1.82, 2.24) is 9.38 Å². The normalized spacial score (nSPS) is 10.6. The van der Waals surface area contributed by atoms with E-state index < -0.39 is 0 Å². The minimum atomic E-state index is 0.647. The maximum atomic E-state index is 5.56. The predicted octanol–water partition coefficient (Wildman–Crippen LogP) is 1.06. The first kappa shape index (κ1) is 9.02. The predicted molar refractivity (Wildman–Crippen MR) is 54.4 cm³/mol. The van der Waals surface area contributed by atoms with Gasteiger partial charge in [-0.05, 0) is 25.1 Å². The molecule has 0 aromatic carbocycles. The molecule has 4 nitrogen and oxygen atoms in total. The quantitative estimate of drug-likeness (QED) is 0.735. The summed E-state index contributed by atoms with van der Waals surface area (Å²) in [4.78, 5) is 4.17. The molecule has 0 aliphatic rings. The lowest BCUT2D eigenvalue weighted by Crippen LogP contribution is -2.07. The average molecular weight is 191 g/mol. The highest BCUT2D eigenvalue weighted by atomic mass is 16.5. The van der Waals surface area contributed by atoms with Crippen molar-refractivity contribution in [3.05, 3.63) is 30.6 Å². The first-order chi connectivity index (χ1) is 6.92. The van der Waals surface area contributed by atoms with Crippen LogP contribution in [0.15, 0.2) is 30.6 Å². The number of hydrogen-bond acceptors (Lipinski definition) is 3. The lowest BCUT2D eigenvalue weighted by atomic mass is 10.4. The van der Waals surface area contributed by atoms with Crippen LogP contribution in [-0.2, 0) is 0 Å². The van der Waals surface area contributed by atoms with E-state index in [4.69, 9.17) is 10.5 Å². The molecule has 0 atom stereocenters. The summed E-state index contributed by atoms with van der Waals surface area (Å²) in [5, 5.41) is 0. The average Bonchev–Trinajstić information content (AvgIpc) is 2.67. The van der Waals surface area contributed by atoms with Crippen LogP contribution in [0.5, 0.6) is 5.88 Å². The summed E-state index contributed by atoms with van der Waals surface area (Å²) in [7, 11) is 0. The molecular formula is C10H13N3O. The number of nitrogens with two attached hydrogens (primary N) is 1. The summed E-state index contributed by atoms with van der Waals surface area (Å²) < 4.78 is 7.47. The van der Waals surface area contributed by atoms with E-state index in [2.05, 4.69) is 4.98 Å². The number of ether oxygens (including phenoxy) is 1. The molecule has 2 N–H and O–H groups in total. The summed E-state index contributed by atoms with van der Waals surface area (Å²) >= 11 is 0. The number of hydrogen-bond donors (Lipinski definition) is 1. The molecule has 2 aromatic rings. The second-order valence-electron chi connectivity index (χ2n) is 3.01. The summed E-state index contributed by atoms with van der Waals surface area (Å²) in [6.07, 6.45) is 4.50. The van der Waals surface area contributed by atoms with Crippen LogP contribution in [0.1, 0.15) is 6.42 Å². The van der Waals surface area contributed by atoms with Crippen LogP contribution in [0.4, 0.5) is 0 Å². The van der Waals surface area contributed by atoms with Crippen molar-refractivity contribution < 1.29 is 4.74 Å². The molecular weight excluding hydrogens is 178 g/mol. The van der Waals surface area contributed by atoms with Crippen molar-refractivity contribution in [3.8, 4) is 5.88 Å². The van der Waals surface area contributed by atoms with Crippen LogP contribution in [0.3, 0.4) is 0 Å². The maximum Gasteiger partial charge on any atom is 0.199 e. The van der Waals surface area contributed by atoms with E-state index in [1.807, 2.05) is 28.8 Å². The monoisotopic (exact) mass is 191 g/mol. The van der Waals surface area contributed by atoms with Gasteiger partial charge in [-0.15, -0.1) is 0 Å². The Morgan fingerprint density at radius 3 is 3.21 bits per heavy atom. The Bertz CT molecular complexity index is 410. The fourth-order valence-corrected chi connectivity index (χ4v) is 1.30. The largest absolute Gasteiger partial charge is 0.479 e. The maximum absolute atomic E-state index is 5.56. The SMILES string of the molecule is NCCCOc1cccc2nccn12. The standard InChI is InChI=1S/C10H13N3O/c11-5-2-8-14-10-4-1-3-9-12-6-7-13(9)10/h1,3-4,6-7H,2,5,8,11H2. The van der Waals surface area contributed by atoms with Crippen molar-refractivity contribution in [3.63, 3.8) is 0 Å². The third kappa shape index (κ3) is 1.70. The smallest absolute Gasteiger partial charge is 0.199 e. The van der Waals surface area contributed by atoms with Gasteiger partial charge >= 0.3 is 0 Å². The summed E-state index contributed by atoms with van der Waals surface area (Å²) in [6, 6.07) is 5.79. The molecule has 14 heavy (non-hydrogen) atoms. The Balaban J connectivity index is 2.19. The molecule has 0 aliphatic carbocycles. The number of aromatic nitrogens is 2. The van der Waals surface area contributed by atoms with E-state index in [0.29, 0.717) is 13.2 Å². The fourth-order valence-electron chi connectivity index (χ4n) is 1.30. The van der Waals surface area contributed by atoms with Crippen molar-refractivity contribution in [2.24, 2.45) is 5.73 Å². The highest BCUT2D eigenvalue weighted by Crippen LogP contribution is 2.13. The summed E-state index contributed by atoms with van der Waals surface area (Å²) in [5.41, 5.74) is 6.28. The zero-order valence-corrected chi connectivity index (χ0v) is 7.89. The van der Waals surface area contributed by atoms with Gasteiger partial charge in [-0.25, -0.2) is 4.98 Å². The molecule has 0 radical (unpaired) electrons. The van der Waals surface area contributed by atoms with Crippen molar-refractivity contribution in [2.75, 3.05) is 13.2 Å². The lowest BCUT2D eigenvalue weighted by molar-refractivity contribution is 0.298. The molecule has 2 heterocycles. The Kier molecular flexibility index (Phi) is 2.65. The number of fused-ring (bicyclic) bond motifs is 1. The fraction of sp³-hybridized carbons (Fsp3) is 0.300. The highest BCUT2D eigenvalue weighted by molar-refractivity contribution is 5.41. The third-order valence-electron chi connectivity index (χ3n) is 1.99. The van der Waals surface area contributed by atoms with E-state index in [1.165, 1.54) is 0 Å². The third-order valence-corrected chi connectivity index (χ3v) is 1.99. The van der Waals surface area contributed by atoms with E-state index in [0.717, 1.165) is 17.9 Å². The van der Waals surface area contributed by atoms with E-state index in [9.17, 15) is 0 Å². The Morgan fingerprint density at radius 1 is 1.43 bits per heavy atom. The Morgan fingerprint density at radius 2 is 2.36 bits per heavy atom. The van der Waals surface area contributed by atoms with Gasteiger partial charge < -0.3 is 10.5 Å². The molecule has 4 heteroatoms. The van der Waals surface area contributed by atoms with Gasteiger partial charge in [0, 0.05) is 12.4 Å². The van der Waals surface area contributed by atoms with Gasteiger partial charge in [0.2, 0.25) is 0 Å². The van der Waals surface area contributed by atoms with Gasteiger partial charge in [-0.1, -0.05) is 6.07 Å². The first-order valence-corrected chi connectivity index (χ1v) is 4.67. The van der Waals surface area contributed by atoms with E-state index in [1.54, 1.807) is 6.20 Å². The molecule has 74 valence electrons. The van der Waals surface area contributed by atoms with Crippen molar-refractivity contribution in [2.45, 2.75) is 6.42 Å². The van der Waals surface area contributed by atoms with Crippen LogP contribution in [-0.4, -0.2) is 22.5 Å². The zero-order chi connectivity index (χ0) is 9.80. The van der Waals surface area contributed by atoms with Gasteiger partial charge in [0.25, 0.3) is 0 Å². The van der Waals surface area contributed by atoms with Crippen molar-refractivity contribution in [1.29, 1.82) is 0 Å². The Labute approximate surface area is 82.3 Å². The van der Waals surface area contributed by atoms with E-state index >= 15 is 0 Å². The van der Waals surface area contributed by atoms with E-state index in [-0.39, 0.29) is 0 Å². The topological polar surface area (TPSA) is 52.5 Å². The van der Waals surface area contributed by atoms with Crippen LogP contribution in [0.25, 0.3) is 5.65 Å². The molecule has 0 fully saturated rings. The molecule has 0 spiro atoms. The number of nitrogens with zero attached hydrogens (tertiary/aromatic N) is 2. The molecule has 0 aliphatic heterocycles. The zero-order valence-electron chi connectivity index (χ0n) is 7.89. The molecule has 0 amide bonds. The summed E-state index contributed by atoms with van der Waals surface area (Å²) in [5.74, 6) is 0.813. The van der Waals surface area contributed by atoms with Crippen LogP contribution < -0.4 is 10.5 Å². The first-order valence-electron chi connectivity index (χ1n) is 4.67. The van der Waals surface area contributed by atoms with Gasteiger partial charge in [0.15, 0.2) is 5.88 Å². The number of pyridine rings is 1. The molecule has 2 aromatic heterocycles. The highest BCUT2D eigenvalue weighted by Gasteiger charge is 1.99. The minimum Gasteiger partial charge on any atom is -0.479 e. The Hall–Kier alpha value is -1.55.